The van der Waals surface area contributed by atoms with Crippen LogP contribution in [0, 0.1) is 0 Å². The van der Waals surface area contributed by atoms with Crippen molar-refractivity contribution < 1.29 is 17.9 Å². The predicted octanol–water partition coefficient (Wildman–Crippen LogP) is 0.655. The van der Waals surface area contributed by atoms with Crippen LogP contribution >= 0.6 is 0 Å². The Labute approximate surface area is 118 Å². The lowest BCUT2D eigenvalue weighted by molar-refractivity contribution is 0.0769. The second-order valence-electron chi connectivity index (χ2n) is 4.21. The first-order valence-electron chi connectivity index (χ1n) is 5.98. The first-order chi connectivity index (χ1) is 9.34. The number of sulfonamides is 1. The summed E-state index contributed by atoms with van der Waals surface area (Å²) in [5, 5.41) is 7.66. The van der Waals surface area contributed by atoms with Crippen LogP contribution in [0.4, 0.5) is 0 Å². The van der Waals surface area contributed by atoms with Gasteiger partial charge in [0.05, 0.1) is 17.6 Å². The van der Waals surface area contributed by atoms with Gasteiger partial charge in [0, 0.05) is 12.1 Å². The normalized spacial score (nSPS) is 12.7. The fourth-order valence-corrected chi connectivity index (χ4v) is 1.94. The van der Waals surface area contributed by atoms with Gasteiger partial charge in [0.25, 0.3) is 5.91 Å². The number of primary sulfonamides is 1. The minimum atomic E-state index is -3.74. The standard InChI is InChI=1S/C13H18N2O4S/c1-3-8-19-10(2)9-15-13(16)11-4-6-12(7-5-11)20(14,17)18/h3-7,10H,1,8-9H2,2H3,(H,15,16)(H2,14,17,18). The Morgan fingerprint density at radius 3 is 2.55 bits per heavy atom. The molecule has 0 aliphatic rings. The maximum absolute atomic E-state index is 11.8. The molecule has 0 spiro atoms. The summed E-state index contributed by atoms with van der Waals surface area (Å²) < 4.78 is 27.5. The van der Waals surface area contributed by atoms with Gasteiger partial charge in [0.2, 0.25) is 10.0 Å². The van der Waals surface area contributed by atoms with E-state index in [1.54, 1.807) is 6.08 Å². The third kappa shape index (κ3) is 5.12. The number of nitrogens with two attached hydrogens (primary N) is 1. The molecular formula is C13H18N2O4S. The second-order valence-corrected chi connectivity index (χ2v) is 5.77. The molecule has 0 saturated heterocycles. The van der Waals surface area contributed by atoms with E-state index < -0.39 is 10.0 Å². The van der Waals surface area contributed by atoms with Crippen molar-refractivity contribution in [3.05, 3.63) is 42.5 Å². The molecule has 1 atom stereocenters. The van der Waals surface area contributed by atoms with Crippen molar-refractivity contribution in [1.82, 2.24) is 5.32 Å². The van der Waals surface area contributed by atoms with Gasteiger partial charge in [0.15, 0.2) is 0 Å². The van der Waals surface area contributed by atoms with Gasteiger partial charge in [-0.25, -0.2) is 13.6 Å². The van der Waals surface area contributed by atoms with Gasteiger partial charge < -0.3 is 10.1 Å². The maximum Gasteiger partial charge on any atom is 0.251 e. The molecule has 1 amide bonds. The quantitative estimate of drug-likeness (QED) is 0.722. The summed E-state index contributed by atoms with van der Waals surface area (Å²) in [6.07, 6.45) is 1.49. The lowest BCUT2D eigenvalue weighted by Crippen LogP contribution is -2.32. The highest BCUT2D eigenvalue weighted by Crippen LogP contribution is 2.08. The van der Waals surface area contributed by atoms with E-state index in [2.05, 4.69) is 11.9 Å². The van der Waals surface area contributed by atoms with E-state index in [4.69, 9.17) is 9.88 Å². The molecule has 0 aliphatic carbocycles. The van der Waals surface area contributed by atoms with E-state index in [9.17, 15) is 13.2 Å². The average molecular weight is 298 g/mol. The van der Waals surface area contributed by atoms with Crippen LogP contribution < -0.4 is 10.5 Å². The number of carbonyl (C=O) groups excluding carboxylic acids is 1. The van der Waals surface area contributed by atoms with Crippen molar-refractivity contribution in [2.24, 2.45) is 5.14 Å². The Kier molecular flexibility index (Phi) is 5.87. The van der Waals surface area contributed by atoms with Gasteiger partial charge >= 0.3 is 0 Å². The Balaban J connectivity index is 2.58. The number of ether oxygens (including phenoxy) is 1. The van der Waals surface area contributed by atoms with Crippen LogP contribution in [0.3, 0.4) is 0 Å². The van der Waals surface area contributed by atoms with Gasteiger partial charge in [0.1, 0.15) is 0 Å². The summed E-state index contributed by atoms with van der Waals surface area (Å²) in [6.45, 7) is 6.13. The average Bonchev–Trinajstić information content (AvgIpc) is 2.41. The van der Waals surface area contributed by atoms with E-state index >= 15 is 0 Å². The smallest absolute Gasteiger partial charge is 0.251 e. The topological polar surface area (TPSA) is 98.5 Å². The van der Waals surface area contributed by atoms with Crippen LogP contribution in [0.5, 0.6) is 0 Å². The number of benzene rings is 1. The number of carbonyl (C=O) groups is 1. The van der Waals surface area contributed by atoms with E-state index in [1.807, 2.05) is 6.92 Å². The van der Waals surface area contributed by atoms with Crippen LogP contribution in [0.1, 0.15) is 17.3 Å². The van der Waals surface area contributed by atoms with Crippen molar-refractivity contribution >= 4 is 15.9 Å². The van der Waals surface area contributed by atoms with Crippen molar-refractivity contribution in [1.29, 1.82) is 0 Å². The van der Waals surface area contributed by atoms with Crippen molar-refractivity contribution in [3.8, 4) is 0 Å². The number of amides is 1. The highest BCUT2D eigenvalue weighted by molar-refractivity contribution is 7.89. The zero-order valence-corrected chi connectivity index (χ0v) is 12.0. The molecule has 0 radical (unpaired) electrons. The Morgan fingerprint density at radius 2 is 2.05 bits per heavy atom. The number of rotatable bonds is 7. The fourth-order valence-electron chi connectivity index (χ4n) is 1.43. The molecule has 7 heteroatoms. The first kappa shape index (κ1) is 16.4. The number of hydrogen-bond donors (Lipinski definition) is 2. The highest BCUT2D eigenvalue weighted by Gasteiger charge is 2.11. The Hall–Kier alpha value is -1.70. The molecule has 0 fully saturated rings. The lowest BCUT2D eigenvalue weighted by Gasteiger charge is -2.12. The zero-order valence-electron chi connectivity index (χ0n) is 11.2. The summed E-state index contributed by atoms with van der Waals surface area (Å²) in [4.78, 5) is 11.8. The molecule has 20 heavy (non-hydrogen) atoms. The molecule has 6 nitrogen and oxygen atoms in total. The SMILES string of the molecule is C=CCOC(C)CNC(=O)c1ccc(S(N)(=O)=O)cc1. The van der Waals surface area contributed by atoms with Crippen LogP contribution in [0.25, 0.3) is 0 Å². The fraction of sp³-hybridized carbons (Fsp3) is 0.308. The minimum absolute atomic E-state index is 0.0308. The summed E-state index contributed by atoms with van der Waals surface area (Å²) in [5.41, 5.74) is 0.355. The van der Waals surface area contributed by atoms with E-state index in [0.29, 0.717) is 18.7 Å². The van der Waals surface area contributed by atoms with Gasteiger partial charge in [-0.2, -0.15) is 0 Å². The maximum atomic E-state index is 11.8. The number of nitrogens with one attached hydrogen (secondary N) is 1. The molecule has 0 saturated carbocycles. The molecule has 110 valence electrons. The van der Waals surface area contributed by atoms with Crippen LogP contribution in [0.15, 0.2) is 41.8 Å². The minimum Gasteiger partial charge on any atom is -0.373 e. The van der Waals surface area contributed by atoms with E-state index in [-0.39, 0.29) is 16.9 Å². The Bertz CT molecular complexity index is 567. The monoisotopic (exact) mass is 298 g/mol. The van der Waals surface area contributed by atoms with Gasteiger partial charge in [-0.15, -0.1) is 6.58 Å². The zero-order chi connectivity index (χ0) is 15.2. The summed E-state index contributed by atoms with van der Waals surface area (Å²) in [6, 6.07) is 5.40. The van der Waals surface area contributed by atoms with Gasteiger partial charge in [-0.1, -0.05) is 6.08 Å². The number of hydrogen-bond acceptors (Lipinski definition) is 4. The largest absolute Gasteiger partial charge is 0.373 e. The van der Waals surface area contributed by atoms with Crippen molar-refractivity contribution in [2.75, 3.05) is 13.2 Å². The molecule has 0 heterocycles. The van der Waals surface area contributed by atoms with Crippen LogP contribution in [-0.4, -0.2) is 33.6 Å². The first-order valence-corrected chi connectivity index (χ1v) is 7.52. The van der Waals surface area contributed by atoms with E-state index in [0.717, 1.165) is 0 Å². The lowest BCUT2D eigenvalue weighted by atomic mass is 10.2. The molecule has 3 N–H and O–H groups in total. The van der Waals surface area contributed by atoms with Crippen LogP contribution in [0.2, 0.25) is 0 Å². The third-order valence-corrected chi connectivity index (χ3v) is 3.42. The molecular weight excluding hydrogens is 280 g/mol. The van der Waals surface area contributed by atoms with Crippen molar-refractivity contribution in [2.45, 2.75) is 17.9 Å². The summed E-state index contributed by atoms with van der Waals surface area (Å²) >= 11 is 0. The second kappa shape index (κ2) is 7.18. The Morgan fingerprint density at radius 1 is 1.45 bits per heavy atom. The molecule has 1 unspecified atom stereocenters. The van der Waals surface area contributed by atoms with Gasteiger partial charge in [-0.05, 0) is 31.2 Å². The highest BCUT2D eigenvalue weighted by atomic mass is 32.2. The summed E-state index contributed by atoms with van der Waals surface area (Å²) in [7, 11) is -3.74. The molecule has 1 aromatic carbocycles. The van der Waals surface area contributed by atoms with Gasteiger partial charge in [-0.3, -0.25) is 4.79 Å². The molecule has 1 rings (SSSR count). The summed E-state index contributed by atoms with van der Waals surface area (Å²) in [5.74, 6) is -0.306. The third-order valence-electron chi connectivity index (χ3n) is 2.49. The van der Waals surface area contributed by atoms with Crippen molar-refractivity contribution in [3.63, 3.8) is 0 Å². The molecule has 0 bridgehead atoms. The predicted molar refractivity (Wildman–Crippen MR) is 75.8 cm³/mol. The van der Waals surface area contributed by atoms with E-state index in [1.165, 1.54) is 24.3 Å². The molecule has 0 aromatic heterocycles. The molecule has 0 aliphatic heterocycles. The molecule has 1 aromatic rings. The van der Waals surface area contributed by atoms with Crippen LogP contribution in [-0.2, 0) is 14.8 Å².